The average Bonchev–Trinajstić information content (AvgIpc) is 3.16. The Labute approximate surface area is 160 Å². The maximum atomic E-state index is 12.5. The summed E-state index contributed by atoms with van der Waals surface area (Å²) in [4.78, 5) is 27.3. The minimum atomic E-state index is -0.435. The van der Waals surface area contributed by atoms with Gasteiger partial charge in [-0.2, -0.15) is 0 Å². The second-order valence-corrected chi connectivity index (χ2v) is 7.34. The summed E-state index contributed by atoms with van der Waals surface area (Å²) >= 11 is 1.33. The molecule has 4 rings (SSSR count). The number of anilines is 1. The van der Waals surface area contributed by atoms with Gasteiger partial charge in [-0.05, 0) is 61.1 Å². The van der Waals surface area contributed by atoms with Gasteiger partial charge < -0.3 is 0 Å². The molecule has 0 saturated heterocycles. The zero-order valence-corrected chi connectivity index (χ0v) is 15.3. The number of non-ortho nitro benzene ring substituents is 1. The van der Waals surface area contributed by atoms with Crippen LogP contribution in [0.1, 0.15) is 34.3 Å². The van der Waals surface area contributed by atoms with Gasteiger partial charge in [-0.25, -0.2) is 4.98 Å². The second kappa shape index (κ2) is 7.28. The van der Waals surface area contributed by atoms with Crippen LogP contribution in [0.3, 0.4) is 0 Å². The van der Waals surface area contributed by atoms with Crippen molar-refractivity contribution in [2.75, 3.05) is 5.32 Å². The molecule has 1 heterocycles. The lowest BCUT2D eigenvalue weighted by Crippen LogP contribution is -2.13. The van der Waals surface area contributed by atoms with E-state index >= 15 is 0 Å². The zero-order chi connectivity index (χ0) is 18.8. The number of aromatic nitrogens is 1. The maximum Gasteiger partial charge on any atom is 0.269 e. The number of nitrogens with one attached hydrogen (secondary N) is 1. The predicted octanol–water partition coefficient (Wildman–Crippen LogP) is 4.85. The first-order chi connectivity index (χ1) is 13.1. The van der Waals surface area contributed by atoms with Gasteiger partial charge in [0.1, 0.15) is 0 Å². The fraction of sp³-hybridized carbons (Fsp3) is 0.200. The van der Waals surface area contributed by atoms with Gasteiger partial charge in [0, 0.05) is 28.6 Å². The van der Waals surface area contributed by atoms with E-state index in [0.717, 1.165) is 18.4 Å². The maximum absolute atomic E-state index is 12.5. The van der Waals surface area contributed by atoms with Crippen LogP contribution in [0.2, 0.25) is 0 Å². The lowest BCUT2D eigenvalue weighted by Gasteiger charge is -2.16. The third-order valence-corrected chi connectivity index (χ3v) is 5.47. The second-order valence-electron chi connectivity index (χ2n) is 6.49. The molecule has 0 aliphatic heterocycles. The fourth-order valence-electron chi connectivity index (χ4n) is 3.26. The van der Waals surface area contributed by atoms with Gasteiger partial charge in [-0.1, -0.05) is 6.07 Å². The first kappa shape index (κ1) is 17.4. The van der Waals surface area contributed by atoms with Crippen molar-refractivity contribution in [3.05, 3.63) is 74.6 Å². The van der Waals surface area contributed by atoms with Crippen LogP contribution in [0.25, 0.3) is 11.3 Å². The van der Waals surface area contributed by atoms with E-state index in [-0.39, 0.29) is 11.6 Å². The van der Waals surface area contributed by atoms with Crippen molar-refractivity contribution in [1.82, 2.24) is 4.98 Å². The SMILES string of the molecule is O=C(Nc1nc(-c2ccc([N+](=O)[O-])cc2)cs1)c1ccc2c(c1)CCCC2. The molecular formula is C20H17N3O3S. The number of nitro groups is 1. The number of rotatable bonds is 4. The van der Waals surface area contributed by atoms with Gasteiger partial charge in [0.05, 0.1) is 10.6 Å². The lowest BCUT2D eigenvalue weighted by molar-refractivity contribution is -0.384. The number of hydrogen-bond acceptors (Lipinski definition) is 5. The van der Waals surface area contributed by atoms with Crippen molar-refractivity contribution >= 4 is 28.1 Å². The van der Waals surface area contributed by atoms with Gasteiger partial charge in [-0.3, -0.25) is 20.2 Å². The minimum Gasteiger partial charge on any atom is -0.298 e. The molecule has 1 amide bonds. The van der Waals surface area contributed by atoms with Crippen LogP contribution in [-0.2, 0) is 12.8 Å². The first-order valence-corrected chi connectivity index (χ1v) is 9.61. The lowest BCUT2D eigenvalue weighted by atomic mass is 9.90. The summed E-state index contributed by atoms with van der Waals surface area (Å²) in [6.07, 6.45) is 4.49. The molecule has 0 bridgehead atoms. The Hall–Kier alpha value is -3.06. The smallest absolute Gasteiger partial charge is 0.269 e. The molecule has 27 heavy (non-hydrogen) atoms. The van der Waals surface area contributed by atoms with Crippen molar-refractivity contribution in [1.29, 1.82) is 0 Å². The largest absolute Gasteiger partial charge is 0.298 e. The minimum absolute atomic E-state index is 0.0370. The number of aryl methyl sites for hydroxylation is 2. The number of carbonyl (C=O) groups excluding carboxylic acids is 1. The Kier molecular flexibility index (Phi) is 4.68. The van der Waals surface area contributed by atoms with E-state index in [1.807, 2.05) is 23.6 Å². The predicted molar refractivity (Wildman–Crippen MR) is 105 cm³/mol. The van der Waals surface area contributed by atoms with E-state index in [9.17, 15) is 14.9 Å². The number of benzene rings is 2. The molecule has 3 aromatic rings. The summed E-state index contributed by atoms with van der Waals surface area (Å²) in [5, 5.41) is 15.9. The van der Waals surface area contributed by atoms with E-state index < -0.39 is 4.92 Å². The molecule has 0 fully saturated rings. The van der Waals surface area contributed by atoms with Gasteiger partial charge in [0.25, 0.3) is 11.6 Å². The molecule has 1 aliphatic rings. The van der Waals surface area contributed by atoms with Crippen molar-refractivity contribution in [2.45, 2.75) is 25.7 Å². The van der Waals surface area contributed by atoms with Gasteiger partial charge in [0.2, 0.25) is 0 Å². The third-order valence-electron chi connectivity index (χ3n) is 4.71. The number of hydrogen-bond donors (Lipinski definition) is 1. The highest BCUT2D eigenvalue weighted by atomic mass is 32.1. The Balaban J connectivity index is 1.49. The van der Waals surface area contributed by atoms with Crippen LogP contribution in [0.4, 0.5) is 10.8 Å². The molecule has 2 aromatic carbocycles. The summed E-state index contributed by atoms with van der Waals surface area (Å²) in [7, 11) is 0. The highest BCUT2D eigenvalue weighted by molar-refractivity contribution is 7.14. The number of amides is 1. The number of fused-ring (bicyclic) bond motifs is 1. The van der Waals surface area contributed by atoms with Crippen molar-refractivity contribution in [3.8, 4) is 11.3 Å². The molecule has 1 aromatic heterocycles. The molecule has 1 aliphatic carbocycles. The van der Waals surface area contributed by atoms with E-state index in [2.05, 4.69) is 10.3 Å². The summed E-state index contributed by atoms with van der Waals surface area (Å²) in [6.45, 7) is 0. The van der Waals surface area contributed by atoms with Crippen LogP contribution in [0, 0.1) is 10.1 Å². The van der Waals surface area contributed by atoms with Crippen LogP contribution < -0.4 is 5.32 Å². The van der Waals surface area contributed by atoms with E-state index in [4.69, 9.17) is 0 Å². The summed E-state index contributed by atoms with van der Waals surface area (Å²) in [5.41, 5.74) is 4.73. The molecule has 7 heteroatoms. The molecule has 0 saturated carbocycles. The molecule has 1 N–H and O–H groups in total. The molecule has 0 unspecified atom stereocenters. The summed E-state index contributed by atoms with van der Waals surface area (Å²) < 4.78 is 0. The van der Waals surface area contributed by atoms with Gasteiger partial charge >= 0.3 is 0 Å². The van der Waals surface area contributed by atoms with Crippen LogP contribution in [-0.4, -0.2) is 15.8 Å². The fourth-order valence-corrected chi connectivity index (χ4v) is 3.98. The highest BCUT2D eigenvalue weighted by Gasteiger charge is 2.15. The normalized spacial score (nSPS) is 13.0. The monoisotopic (exact) mass is 379 g/mol. The van der Waals surface area contributed by atoms with Crippen LogP contribution in [0.15, 0.2) is 47.8 Å². The van der Waals surface area contributed by atoms with Crippen molar-refractivity contribution < 1.29 is 9.72 Å². The van der Waals surface area contributed by atoms with Crippen molar-refractivity contribution in [3.63, 3.8) is 0 Å². The molecule has 0 radical (unpaired) electrons. The number of nitrogens with zero attached hydrogens (tertiary/aromatic N) is 2. The highest BCUT2D eigenvalue weighted by Crippen LogP contribution is 2.27. The molecular weight excluding hydrogens is 362 g/mol. The Morgan fingerprint density at radius 3 is 2.56 bits per heavy atom. The van der Waals surface area contributed by atoms with Gasteiger partial charge in [0.15, 0.2) is 5.13 Å². The molecule has 0 atom stereocenters. The van der Waals surface area contributed by atoms with Gasteiger partial charge in [-0.15, -0.1) is 11.3 Å². The third kappa shape index (κ3) is 3.73. The summed E-state index contributed by atoms with van der Waals surface area (Å²) in [5.74, 6) is -0.173. The standard InChI is InChI=1S/C20H17N3O3S/c24-19(16-6-5-13-3-1-2-4-15(13)11-16)22-20-21-18(12-27-20)14-7-9-17(10-8-14)23(25)26/h5-12H,1-4H2,(H,21,22,24). The molecule has 6 nitrogen and oxygen atoms in total. The number of nitro benzene ring substituents is 1. The Morgan fingerprint density at radius 1 is 1.07 bits per heavy atom. The van der Waals surface area contributed by atoms with E-state index in [0.29, 0.717) is 16.4 Å². The average molecular weight is 379 g/mol. The van der Waals surface area contributed by atoms with Crippen LogP contribution >= 0.6 is 11.3 Å². The van der Waals surface area contributed by atoms with Crippen LogP contribution in [0.5, 0.6) is 0 Å². The topological polar surface area (TPSA) is 85.1 Å². The summed E-state index contributed by atoms with van der Waals surface area (Å²) in [6, 6.07) is 12.1. The first-order valence-electron chi connectivity index (χ1n) is 8.74. The Morgan fingerprint density at radius 2 is 1.81 bits per heavy atom. The Bertz CT molecular complexity index is 1010. The van der Waals surface area contributed by atoms with E-state index in [1.54, 1.807) is 12.1 Å². The van der Waals surface area contributed by atoms with Crippen molar-refractivity contribution in [2.24, 2.45) is 0 Å². The molecule has 0 spiro atoms. The number of carbonyl (C=O) groups is 1. The zero-order valence-electron chi connectivity index (χ0n) is 14.5. The molecule has 136 valence electrons. The quantitative estimate of drug-likeness (QED) is 0.519. The van der Waals surface area contributed by atoms with E-state index in [1.165, 1.54) is 47.4 Å². The number of thiazole rings is 1.